The van der Waals surface area contributed by atoms with Crippen LogP contribution in [0.15, 0.2) is 24.3 Å². The Hall–Kier alpha value is -2.68. The molecule has 9 heteroatoms. The van der Waals surface area contributed by atoms with E-state index in [1.165, 1.54) is 29.2 Å². The summed E-state index contributed by atoms with van der Waals surface area (Å²) < 4.78 is 5.21. The number of nitrogens with zero attached hydrogens (tertiary/aromatic N) is 3. The van der Waals surface area contributed by atoms with E-state index >= 15 is 0 Å². The lowest BCUT2D eigenvalue weighted by atomic mass is 10.2. The predicted molar refractivity (Wildman–Crippen MR) is 92.9 cm³/mol. The van der Waals surface area contributed by atoms with Crippen molar-refractivity contribution in [3.05, 3.63) is 34.4 Å². The molecule has 0 aliphatic heterocycles. The van der Waals surface area contributed by atoms with Gasteiger partial charge in [-0.1, -0.05) is 6.07 Å². The van der Waals surface area contributed by atoms with E-state index in [2.05, 4.69) is 0 Å². The van der Waals surface area contributed by atoms with Crippen molar-refractivity contribution >= 4 is 23.4 Å². The maximum atomic E-state index is 12.1. The van der Waals surface area contributed by atoms with Gasteiger partial charge in [-0.3, -0.25) is 14.9 Å². The largest absolute Gasteiger partial charge is 0.444 e. The molecule has 0 aliphatic rings. The van der Waals surface area contributed by atoms with Crippen LogP contribution in [0.1, 0.15) is 33.6 Å². The molecule has 138 valence electrons. The molecule has 9 nitrogen and oxygen atoms in total. The summed E-state index contributed by atoms with van der Waals surface area (Å²) in [5.74, 6) is 5.32. The van der Waals surface area contributed by atoms with Gasteiger partial charge in [0.05, 0.1) is 10.6 Å². The number of amides is 2. The minimum Gasteiger partial charge on any atom is -0.444 e. The number of benzene rings is 1. The van der Waals surface area contributed by atoms with E-state index in [0.29, 0.717) is 13.0 Å². The predicted octanol–water partition coefficient (Wildman–Crippen LogP) is 2.45. The van der Waals surface area contributed by atoms with Crippen molar-refractivity contribution in [2.45, 2.75) is 39.2 Å². The number of nitrogens with two attached hydrogens (primary N) is 1. The molecular weight excluding hydrogens is 328 g/mol. The highest BCUT2D eigenvalue weighted by Gasteiger charge is 2.20. The minimum absolute atomic E-state index is 0.0896. The molecule has 0 radical (unpaired) electrons. The second-order valence-electron chi connectivity index (χ2n) is 6.55. The number of carbonyl (C=O) groups is 2. The van der Waals surface area contributed by atoms with E-state index in [1.54, 1.807) is 27.8 Å². The third-order valence-corrected chi connectivity index (χ3v) is 3.18. The lowest BCUT2D eigenvalue weighted by molar-refractivity contribution is -0.384. The van der Waals surface area contributed by atoms with Gasteiger partial charge < -0.3 is 9.64 Å². The van der Waals surface area contributed by atoms with Crippen LogP contribution in [0, 0.1) is 10.1 Å². The molecule has 1 rings (SSSR count). The van der Waals surface area contributed by atoms with Crippen molar-refractivity contribution in [2.75, 3.05) is 18.6 Å². The molecule has 2 N–H and O–H groups in total. The SMILES string of the molecule is CN(CCCC(=O)N(N)c1cccc([N+](=O)[O-])c1)C(=O)OC(C)(C)C. The summed E-state index contributed by atoms with van der Waals surface area (Å²) in [6.07, 6.45) is 0.00650. The Morgan fingerprint density at radius 1 is 1.32 bits per heavy atom. The molecule has 0 spiro atoms. The Morgan fingerprint density at radius 3 is 2.52 bits per heavy atom. The highest BCUT2D eigenvalue weighted by Crippen LogP contribution is 2.20. The highest BCUT2D eigenvalue weighted by atomic mass is 16.6. The highest BCUT2D eigenvalue weighted by molar-refractivity contribution is 5.92. The first-order valence-electron chi connectivity index (χ1n) is 7.77. The number of nitro benzene ring substituents is 1. The number of anilines is 1. The summed E-state index contributed by atoms with van der Waals surface area (Å²) in [5, 5.41) is 11.6. The molecule has 0 aliphatic carbocycles. The van der Waals surface area contributed by atoms with Crippen LogP contribution >= 0.6 is 0 Å². The molecule has 2 amide bonds. The van der Waals surface area contributed by atoms with Crippen LogP contribution in [0.4, 0.5) is 16.2 Å². The van der Waals surface area contributed by atoms with Crippen molar-refractivity contribution in [3.63, 3.8) is 0 Å². The van der Waals surface area contributed by atoms with E-state index in [-0.39, 0.29) is 17.8 Å². The van der Waals surface area contributed by atoms with Gasteiger partial charge in [0.1, 0.15) is 5.60 Å². The molecule has 0 atom stereocenters. The minimum atomic E-state index is -0.586. The Morgan fingerprint density at radius 2 is 1.96 bits per heavy atom. The van der Waals surface area contributed by atoms with Crippen molar-refractivity contribution < 1.29 is 19.2 Å². The van der Waals surface area contributed by atoms with Gasteiger partial charge in [-0.2, -0.15) is 0 Å². The fraction of sp³-hybridized carbons (Fsp3) is 0.500. The van der Waals surface area contributed by atoms with E-state index in [1.807, 2.05) is 0 Å². The maximum absolute atomic E-state index is 12.1. The molecule has 0 saturated heterocycles. The number of nitro groups is 1. The molecule has 0 heterocycles. The quantitative estimate of drug-likeness (QED) is 0.363. The van der Waals surface area contributed by atoms with Crippen molar-refractivity contribution in [1.82, 2.24) is 4.90 Å². The maximum Gasteiger partial charge on any atom is 0.410 e. The number of hydrogen-bond acceptors (Lipinski definition) is 6. The fourth-order valence-corrected chi connectivity index (χ4v) is 1.92. The van der Waals surface area contributed by atoms with Gasteiger partial charge in [-0.05, 0) is 33.3 Å². The third-order valence-electron chi connectivity index (χ3n) is 3.18. The van der Waals surface area contributed by atoms with Gasteiger partial charge in [-0.15, -0.1) is 0 Å². The average Bonchev–Trinajstić information content (AvgIpc) is 2.52. The Balaban J connectivity index is 2.52. The Labute approximate surface area is 146 Å². The number of non-ortho nitro benzene ring substituents is 1. The lowest BCUT2D eigenvalue weighted by Gasteiger charge is -2.24. The zero-order chi connectivity index (χ0) is 19.2. The summed E-state index contributed by atoms with van der Waals surface area (Å²) in [7, 11) is 1.58. The van der Waals surface area contributed by atoms with Crippen LogP contribution in [0.5, 0.6) is 0 Å². The van der Waals surface area contributed by atoms with Crippen LogP contribution in [0.3, 0.4) is 0 Å². The van der Waals surface area contributed by atoms with Gasteiger partial charge in [0.25, 0.3) is 5.69 Å². The topological polar surface area (TPSA) is 119 Å². The monoisotopic (exact) mass is 352 g/mol. The molecule has 0 aromatic heterocycles. The first kappa shape index (κ1) is 20.4. The van der Waals surface area contributed by atoms with Gasteiger partial charge >= 0.3 is 6.09 Å². The van der Waals surface area contributed by atoms with Gasteiger partial charge in [-0.25, -0.2) is 15.6 Å². The molecule has 1 aromatic rings. The Bertz CT molecular complexity index is 642. The van der Waals surface area contributed by atoms with E-state index in [9.17, 15) is 19.7 Å². The molecule has 1 aromatic carbocycles. The fourth-order valence-electron chi connectivity index (χ4n) is 1.92. The first-order valence-corrected chi connectivity index (χ1v) is 7.77. The van der Waals surface area contributed by atoms with Gasteiger partial charge in [0, 0.05) is 32.1 Å². The molecule has 0 unspecified atom stereocenters. The molecular formula is C16H24N4O5. The number of hydrogen-bond donors (Lipinski definition) is 1. The summed E-state index contributed by atoms with van der Waals surface area (Å²) in [6.45, 7) is 5.64. The van der Waals surface area contributed by atoms with Crippen molar-refractivity contribution in [2.24, 2.45) is 5.84 Å². The second kappa shape index (κ2) is 8.43. The number of rotatable bonds is 6. The second-order valence-corrected chi connectivity index (χ2v) is 6.55. The number of carbonyl (C=O) groups excluding carboxylic acids is 2. The zero-order valence-electron chi connectivity index (χ0n) is 14.9. The van der Waals surface area contributed by atoms with Crippen LogP contribution in [-0.4, -0.2) is 41.0 Å². The first-order chi connectivity index (χ1) is 11.5. The average molecular weight is 352 g/mol. The molecule has 0 saturated carbocycles. The van der Waals surface area contributed by atoms with E-state index < -0.39 is 22.5 Å². The molecule has 25 heavy (non-hydrogen) atoms. The van der Waals surface area contributed by atoms with Crippen molar-refractivity contribution in [1.29, 1.82) is 0 Å². The Kier molecular flexibility index (Phi) is 6.86. The van der Waals surface area contributed by atoms with E-state index in [0.717, 1.165) is 5.01 Å². The third kappa shape index (κ3) is 6.76. The lowest BCUT2D eigenvalue weighted by Crippen LogP contribution is -2.38. The normalized spacial score (nSPS) is 10.9. The van der Waals surface area contributed by atoms with Crippen LogP contribution in [0.2, 0.25) is 0 Å². The summed E-state index contributed by atoms with van der Waals surface area (Å²) in [4.78, 5) is 35.5. The zero-order valence-corrected chi connectivity index (χ0v) is 14.9. The van der Waals surface area contributed by atoms with Gasteiger partial charge in [0.2, 0.25) is 5.91 Å². The smallest absolute Gasteiger partial charge is 0.410 e. The molecule has 0 bridgehead atoms. The summed E-state index contributed by atoms with van der Waals surface area (Å²) in [6, 6.07) is 5.51. The summed E-state index contributed by atoms with van der Waals surface area (Å²) in [5.41, 5.74) is -0.498. The van der Waals surface area contributed by atoms with Crippen LogP contribution < -0.4 is 10.9 Å². The van der Waals surface area contributed by atoms with Crippen LogP contribution in [0.25, 0.3) is 0 Å². The van der Waals surface area contributed by atoms with Gasteiger partial charge in [0.15, 0.2) is 0 Å². The van der Waals surface area contributed by atoms with E-state index in [4.69, 9.17) is 10.6 Å². The number of hydrazine groups is 1. The standard InChI is InChI=1S/C16H24N4O5/c1-16(2,3)25-15(22)18(4)10-6-9-14(21)19(17)12-7-5-8-13(11-12)20(23)24/h5,7-8,11H,6,9-10,17H2,1-4H3. The van der Waals surface area contributed by atoms with Crippen molar-refractivity contribution in [3.8, 4) is 0 Å². The van der Waals surface area contributed by atoms with Crippen LogP contribution in [-0.2, 0) is 9.53 Å². The number of ether oxygens (including phenoxy) is 1. The molecule has 0 fully saturated rings. The summed E-state index contributed by atoms with van der Waals surface area (Å²) >= 11 is 0.